The molecule has 0 fully saturated rings. The Labute approximate surface area is 196 Å². The number of carbonyl (C=O) groups is 4. The molecule has 3 aromatic carbocycles. The number of esters is 2. The summed E-state index contributed by atoms with van der Waals surface area (Å²) in [6, 6.07) is 23.2. The smallest absolute Gasteiger partial charge is 0.337 e. The maximum Gasteiger partial charge on any atom is 0.337 e. The number of anilines is 1. The van der Waals surface area contributed by atoms with Crippen molar-refractivity contribution in [1.82, 2.24) is 5.32 Å². The molecule has 8 heteroatoms. The highest BCUT2D eigenvalue weighted by atomic mass is 16.5. The molecule has 0 aromatic heterocycles. The van der Waals surface area contributed by atoms with Crippen molar-refractivity contribution in [3.05, 3.63) is 102 Å². The first kappa shape index (κ1) is 24.2. The fraction of sp³-hybridized carbons (Fsp3) is 0.154. The molecule has 0 radical (unpaired) electrons. The number of benzene rings is 3. The zero-order valence-corrected chi connectivity index (χ0v) is 18.5. The van der Waals surface area contributed by atoms with Crippen molar-refractivity contribution >= 4 is 29.4 Å². The molecule has 3 aromatic rings. The number of methoxy groups -OCH3 is 1. The van der Waals surface area contributed by atoms with E-state index in [1.807, 2.05) is 6.07 Å². The minimum absolute atomic E-state index is 0.149. The molecule has 0 heterocycles. The molecule has 0 aliphatic heterocycles. The summed E-state index contributed by atoms with van der Waals surface area (Å²) in [7, 11) is 1.28. The van der Waals surface area contributed by atoms with Crippen LogP contribution < -0.4 is 10.6 Å². The van der Waals surface area contributed by atoms with Crippen molar-refractivity contribution in [2.45, 2.75) is 12.5 Å². The number of carbonyl (C=O) groups excluding carboxylic acids is 4. The van der Waals surface area contributed by atoms with Crippen LogP contribution in [0.25, 0.3) is 0 Å². The Morgan fingerprint density at radius 2 is 1.41 bits per heavy atom. The van der Waals surface area contributed by atoms with Gasteiger partial charge in [0.15, 0.2) is 6.61 Å². The van der Waals surface area contributed by atoms with Crippen LogP contribution >= 0.6 is 0 Å². The number of amides is 2. The lowest BCUT2D eigenvalue weighted by Gasteiger charge is -2.19. The van der Waals surface area contributed by atoms with Gasteiger partial charge in [-0.2, -0.15) is 0 Å². The maximum absolute atomic E-state index is 12.6. The van der Waals surface area contributed by atoms with E-state index in [1.165, 1.54) is 31.4 Å². The fourth-order valence-electron chi connectivity index (χ4n) is 3.14. The van der Waals surface area contributed by atoms with Gasteiger partial charge >= 0.3 is 11.9 Å². The molecule has 0 spiro atoms. The van der Waals surface area contributed by atoms with Crippen molar-refractivity contribution in [2.24, 2.45) is 0 Å². The topological polar surface area (TPSA) is 111 Å². The molecule has 2 amide bonds. The standard InChI is InChI=1S/C26H24N2O6/c1-33-26(32)20-12-14-21(15-13-20)27-23(29)17-34-24(30)16-22(18-8-4-2-5-9-18)28-25(31)19-10-6-3-7-11-19/h2-15,22H,16-17H2,1H3,(H,27,29)(H,28,31). The average molecular weight is 460 g/mol. The number of ether oxygens (including phenoxy) is 2. The van der Waals surface area contributed by atoms with Gasteiger partial charge in [-0.15, -0.1) is 0 Å². The maximum atomic E-state index is 12.6. The predicted octanol–water partition coefficient (Wildman–Crippen LogP) is 3.52. The van der Waals surface area contributed by atoms with Gasteiger partial charge in [0.2, 0.25) is 0 Å². The molecule has 0 aliphatic rings. The van der Waals surface area contributed by atoms with Gasteiger partial charge in [0.25, 0.3) is 11.8 Å². The van der Waals surface area contributed by atoms with Gasteiger partial charge in [0.05, 0.1) is 25.1 Å². The summed E-state index contributed by atoms with van der Waals surface area (Å²) in [6.07, 6.45) is -0.149. The van der Waals surface area contributed by atoms with E-state index in [0.29, 0.717) is 16.8 Å². The van der Waals surface area contributed by atoms with Gasteiger partial charge in [0.1, 0.15) is 0 Å². The van der Waals surface area contributed by atoms with Crippen molar-refractivity contribution in [2.75, 3.05) is 19.0 Å². The molecular weight excluding hydrogens is 436 g/mol. The SMILES string of the molecule is COC(=O)c1ccc(NC(=O)COC(=O)CC(NC(=O)c2ccccc2)c2ccccc2)cc1. The van der Waals surface area contributed by atoms with E-state index in [2.05, 4.69) is 15.4 Å². The molecule has 1 unspecified atom stereocenters. The van der Waals surface area contributed by atoms with Gasteiger partial charge in [-0.1, -0.05) is 48.5 Å². The highest BCUT2D eigenvalue weighted by Gasteiger charge is 2.20. The largest absolute Gasteiger partial charge is 0.465 e. The summed E-state index contributed by atoms with van der Waals surface area (Å²) in [5.74, 6) is -1.99. The minimum Gasteiger partial charge on any atom is -0.465 e. The highest BCUT2D eigenvalue weighted by Crippen LogP contribution is 2.18. The van der Waals surface area contributed by atoms with Gasteiger partial charge < -0.3 is 20.1 Å². The van der Waals surface area contributed by atoms with Crippen LogP contribution in [0, 0.1) is 0 Å². The first-order chi connectivity index (χ1) is 16.5. The number of nitrogens with one attached hydrogen (secondary N) is 2. The summed E-state index contributed by atoms with van der Waals surface area (Å²) in [5.41, 5.74) is 1.98. The second kappa shape index (κ2) is 12.0. The van der Waals surface area contributed by atoms with Crippen LogP contribution in [0.2, 0.25) is 0 Å². The van der Waals surface area contributed by atoms with Gasteiger partial charge in [-0.25, -0.2) is 4.79 Å². The molecule has 0 saturated heterocycles. The fourth-order valence-corrected chi connectivity index (χ4v) is 3.14. The molecule has 2 N–H and O–H groups in total. The lowest BCUT2D eigenvalue weighted by atomic mass is 10.0. The Balaban J connectivity index is 1.56. The summed E-state index contributed by atoms with van der Waals surface area (Å²) in [5, 5.41) is 5.43. The lowest BCUT2D eigenvalue weighted by Crippen LogP contribution is -2.31. The van der Waals surface area contributed by atoms with Crippen molar-refractivity contribution in [3.63, 3.8) is 0 Å². The summed E-state index contributed by atoms with van der Waals surface area (Å²) < 4.78 is 9.74. The van der Waals surface area contributed by atoms with E-state index in [0.717, 1.165) is 5.56 Å². The molecule has 174 valence electrons. The Morgan fingerprint density at radius 1 is 0.794 bits per heavy atom. The lowest BCUT2D eigenvalue weighted by molar-refractivity contribution is -0.147. The minimum atomic E-state index is -0.640. The third-order valence-electron chi connectivity index (χ3n) is 4.87. The highest BCUT2D eigenvalue weighted by molar-refractivity contribution is 5.95. The quantitative estimate of drug-likeness (QED) is 0.473. The number of hydrogen-bond acceptors (Lipinski definition) is 6. The van der Waals surface area contributed by atoms with Crippen LogP contribution in [-0.2, 0) is 19.1 Å². The third kappa shape index (κ3) is 7.03. The summed E-state index contributed by atoms with van der Waals surface area (Å²) in [4.78, 5) is 48.7. The van der Waals surface area contributed by atoms with Crippen LogP contribution in [-0.4, -0.2) is 37.5 Å². The van der Waals surface area contributed by atoms with E-state index < -0.39 is 30.5 Å². The first-order valence-electron chi connectivity index (χ1n) is 10.5. The Morgan fingerprint density at radius 3 is 2.03 bits per heavy atom. The Bertz CT molecular complexity index is 1130. The zero-order chi connectivity index (χ0) is 24.3. The van der Waals surface area contributed by atoms with Crippen molar-refractivity contribution in [3.8, 4) is 0 Å². The Kier molecular flexibility index (Phi) is 8.51. The number of rotatable bonds is 9. The zero-order valence-electron chi connectivity index (χ0n) is 18.5. The van der Waals surface area contributed by atoms with Crippen LogP contribution in [0.15, 0.2) is 84.9 Å². The number of hydrogen-bond donors (Lipinski definition) is 2. The average Bonchev–Trinajstić information content (AvgIpc) is 2.88. The van der Waals surface area contributed by atoms with Crippen molar-refractivity contribution in [1.29, 1.82) is 0 Å². The molecule has 34 heavy (non-hydrogen) atoms. The predicted molar refractivity (Wildman–Crippen MR) is 125 cm³/mol. The van der Waals surface area contributed by atoms with E-state index in [1.54, 1.807) is 54.6 Å². The van der Waals surface area contributed by atoms with Crippen LogP contribution in [0.4, 0.5) is 5.69 Å². The molecule has 1 atom stereocenters. The van der Waals surface area contributed by atoms with Gasteiger partial charge in [-0.3, -0.25) is 14.4 Å². The molecule has 3 rings (SSSR count). The second-order valence-electron chi connectivity index (χ2n) is 7.28. The monoisotopic (exact) mass is 460 g/mol. The van der Waals surface area contributed by atoms with Crippen LogP contribution in [0.1, 0.15) is 38.7 Å². The van der Waals surface area contributed by atoms with Crippen LogP contribution in [0.5, 0.6) is 0 Å². The summed E-state index contributed by atoms with van der Waals surface area (Å²) >= 11 is 0. The molecule has 8 nitrogen and oxygen atoms in total. The van der Waals surface area contributed by atoms with E-state index in [4.69, 9.17) is 4.74 Å². The van der Waals surface area contributed by atoms with Crippen LogP contribution in [0.3, 0.4) is 0 Å². The first-order valence-corrected chi connectivity index (χ1v) is 10.5. The Hall–Kier alpha value is -4.46. The van der Waals surface area contributed by atoms with E-state index >= 15 is 0 Å². The third-order valence-corrected chi connectivity index (χ3v) is 4.87. The van der Waals surface area contributed by atoms with E-state index in [9.17, 15) is 19.2 Å². The molecule has 0 saturated carbocycles. The molecule has 0 bridgehead atoms. The normalized spacial score (nSPS) is 11.1. The molecular formula is C26H24N2O6. The van der Waals surface area contributed by atoms with E-state index in [-0.39, 0.29) is 12.3 Å². The second-order valence-corrected chi connectivity index (χ2v) is 7.28. The van der Waals surface area contributed by atoms with Gasteiger partial charge in [-0.05, 0) is 42.0 Å². The molecule has 0 aliphatic carbocycles. The van der Waals surface area contributed by atoms with Gasteiger partial charge in [0, 0.05) is 11.3 Å². The van der Waals surface area contributed by atoms with Crippen molar-refractivity contribution < 1.29 is 28.7 Å². The summed E-state index contributed by atoms with van der Waals surface area (Å²) in [6.45, 7) is -0.494.